The lowest BCUT2D eigenvalue weighted by molar-refractivity contribution is 0.397. The van der Waals surface area contributed by atoms with Crippen molar-refractivity contribution in [3.05, 3.63) is 17.8 Å². The third-order valence-electron chi connectivity index (χ3n) is 1.23. The van der Waals surface area contributed by atoms with Gasteiger partial charge in [-0.3, -0.25) is 0 Å². The maximum atomic E-state index is 6.83. The smallest absolute Gasteiger partial charge is 0.213 e. The molecule has 0 aliphatic carbocycles. The zero-order valence-electron chi connectivity index (χ0n) is 8.59. The summed E-state index contributed by atoms with van der Waals surface area (Å²) in [6.45, 7) is 1.75. The van der Waals surface area contributed by atoms with Gasteiger partial charge in [0.1, 0.15) is 0 Å². The fraction of sp³-hybridized carbons (Fsp3) is 0.286. The summed E-state index contributed by atoms with van der Waals surface area (Å²) in [6.07, 6.45) is 1.37. The highest BCUT2D eigenvalue weighted by atomic mass is 16.5. The predicted molar refractivity (Wildman–Crippen MR) is 39.9 cm³/mol. The van der Waals surface area contributed by atoms with Gasteiger partial charge < -0.3 is 10.5 Å². The number of anilines is 1. The second kappa shape index (κ2) is 2.56. The van der Waals surface area contributed by atoms with E-state index in [2.05, 4.69) is 9.72 Å². The van der Waals surface area contributed by atoms with E-state index < -0.39 is 7.04 Å². The van der Waals surface area contributed by atoms with E-state index in [9.17, 15) is 0 Å². The molecule has 0 aromatic carbocycles. The van der Waals surface area contributed by atoms with Gasteiger partial charge in [-0.1, -0.05) is 0 Å². The average molecular weight is 141 g/mol. The third kappa shape index (κ3) is 1.18. The first-order valence-electron chi connectivity index (χ1n) is 4.29. The van der Waals surface area contributed by atoms with E-state index in [4.69, 9.17) is 9.85 Å². The van der Waals surface area contributed by atoms with Crippen LogP contribution in [0.1, 0.15) is 9.68 Å². The van der Waals surface area contributed by atoms with Crippen molar-refractivity contribution in [2.75, 3.05) is 12.8 Å². The Labute approximate surface area is 64.0 Å². The van der Waals surface area contributed by atoms with Crippen molar-refractivity contribution in [3.63, 3.8) is 0 Å². The SMILES string of the molecule is [2H]C([2H])([2H])Oc1cc(C)c(N)cn1. The molecule has 0 saturated heterocycles. The average Bonchev–Trinajstić information content (AvgIpc) is 1.94. The van der Waals surface area contributed by atoms with E-state index in [-0.39, 0.29) is 5.88 Å². The molecule has 0 spiro atoms. The fourth-order valence-corrected chi connectivity index (χ4v) is 0.597. The third-order valence-corrected chi connectivity index (χ3v) is 1.23. The molecule has 0 fully saturated rings. The van der Waals surface area contributed by atoms with Crippen LogP contribution in [0, 0.1) is 6.92 Å². The second-order valence-electron chi connectivity index (χ2n) is 1.98. The number of rotatable bonds is 1. The minimum Gasteiger partial charge on any atom is -0.481 e. The topological polar surface area (TPSA) is 48.1 Å². The molecule has 0 aliphatic rings. The number of aryl methyl sites for hydroxylation is 1. The van der Waals surface area contributed by atoms with Crippen LogP contribution in [0.2, 0.25) is 0 Å². The molecular formula is C7H10N2O. The van der Waals surface area contributed by atoms with E-state index in [1.54, 1.807) is 6.92 Å². The lowest BCUT2D eigenvalue weighted by atomic mass is 10.2. The van der Waals surface area contributed by atoms with E-state index in [0.717, 1.165) is 5.56 Å². The zero-order valence-corrected chi connectivity index (χ0v) is 5.59. The summed E-state index contributed by atoms with van der Waals surface area (Å²) in [5.41, 5.74) is 6.75. The first kappa shape index (κ1) is 3.81. The van der Waals surface area contributed by atoms with Gasteiger partial charge in [0, 0.05) is 6.07 Å². The summed E-state index contributed by atoms with van der Waals surface area (Å²) >= 11 is 0. The van der Waals surface area contributed by atoms with Crippen LogP contribution < -0.4 is 10.5 Å². The number of ether oxygens (including phenoxy) is 1. The van der Waals surface area contributed by atoms with Crippen molar-refractivity contribution >= 4 is 5.69 Å². The van der Waals surface area contributed by atoms with Gasteiger partial charge in [-0.25, -0.2) is 4.98 Å². The molecule has 1 aromatic rings. The van der Waals surface area contributed by atoms with Crippen LogP contribution in [-0.2, 0) is 0 Å². The number of hydrogen-bond acceptors (Lipinski definition) is 3. The largest absolute Gasteiger partial charge is 0.481 e. The van der Waals surface area contributed by atoms with Gasteiger partial charge in [-0.15, -0.1) is 0 Å². The summed E-state index contributed by atoms with van der Waals surface area (Å²) in [4.78, 5) is 3.72. The molecule has 1 rings (SSSR count). The molecule has 0 atom stereocenters. The summed E-state index contributed by atoms with van der Waals surface area (Å²) in [7, 11) is -2.46. The van der Waals surface area contributed by atoms with Crippen molar-refractivity contribution in [3.8, 4) is 5.88 Å². The lowest BCUT2D eigenvalue weighted by Crippen LogP contribution is -1.93. The standard InChI is InChI=1S/C7H10N2O/c1-5-3-7(10-2)9-4-6(5)8/h3-4H,8H2,1-2H3/i2D3. The van der Waals surface area contributed by atoms with Crippen molar-refractivity contribution in [2.24, 2.45) is 0 Å². The van der Waals surface area contributed by atoms with Crippen LogP contribution in [0.3, 0.4) is 0 Å². The Bertz CT molecular complexity index is 311. The van der Waals surface area contributed by atoms with Crippen molar-refractivity contribution < 1.29 is 8.85 Å². The normalized spacial score (nSPS) is 15.1. The Morgan fingerprint density at radius 2 is 2.60 bits per heavy atom. The van der Waals surface area contributed by atoms with Crippen LogP contribution in [0.5, 0.6) is 5.88 Å². The van der Waals surface area contributed by atoms with Crippen LogP contribution in [0.4, 0.5) is 5.69 Å². The molecule has 0 bridgehead atoms. The molecule has 0 amide bonds. The number of nitrogens with two attached hydrogens (primary N) is 1. The van der Waals surface area contributed by atoms with Crippen LogP contribution in [-0.4, -0.2) is 12.0 Å². The molecule has 0 aliphatic heterocycles. The van der Waals surface area contributed by atoms with E-state index >= 15 is 0 Å². The highest BCUT2D eigenvalue weighted by Crippen LogP contribution is 2.13. The molecular weight excluding hydrogens is 128 g/mol. The Kier molecular flexibility index (Phi) is 0.974. The molecule has 10 heavy (non-hydrogen) atoms. The quantitative estimate of drug-likeness (QED) is 0.634. The van der Waals surface area contributed by atoms with E-state index in [1.165, 1.54) is 12.3 Å². The minimum atomic E-state index is -2.46. The highest BCUT2D eigenvalue weighted by molar-refractivity contribution is 5.45. The molecule has 0 unspecified atom stereocenters. The zero-order chi connectivity index (χ0) is 10.1. The van der Waals surface area contributed by atoms with Gasteiger partial charge in [0.25, 0.3) is 0 Å². The summed E-state index contributed by atoms with van der Waals surface area (Å²) in [6, 6.07) is 1.49. The van der Waals surface area contributed by atoms with Gasteiger partial charge in [-0.05, 0) is 12.5 Å². The van der Waals surface area contributed by atoms with Gasteiger partial charge in [0.2, 0.25) is 5.88 Å². The minimum absolute atomic E-state index is 0.0618. The van der Waals surface area contributed by atoms with Crippen molar-refractivity contribution in [2.45, 2.75) is 6.92 Å². The summed E-state index contributed by atoms with van der Waals surface area (Å²) in [5, 5.41) is 0. The number of hydrogen-bond donors (Lipinski definition) is 1. The summed E-state index contributed by atoms with van der Waals surface area (Å²) < 4.78 is 25.1. The number of nitrogens with zero attached hydrogens (tertiary/aromatic N) is 1. The highest BCUT2D eigenvalue weighted by Gasteiger charge is 1.95. The monoisotopic (exact) mass is 141 g/mol. The van der Waals surface area contributed by atoms with Crippen molar-refractivity contribution in [1.29, 1.82) is 0 Å². The van der Waals surface area contributed by atoms with Gasteiger partial charge in [0.05, 0.1) is 23.0 Å². The van der Waals surface area contributed by atoms with E-state index in [0.29, 0.717) is 5.69 Å². The number of pyridine rings is 1. The van der Waals surface area contributed by atoms with Gasteiger partial charge in [0.15, 0.2) is 0 Å². The molecule has 1 heterocycles. The first-order valence-corrected chi connectivity index (χ1v) is 2.79. The first-order chi connectivity index (χ1) is 5.88. The maximum absolute atomic E-state index is 6.83. The Morgan fingerprint density at radius 3 is 3.20 bits per heavy atom. The van der Waals surface area contributed by atoms with Crippen LogP contribution >= 0.6 is 0 Å². The molecule has 0 saturated carbocycles. The number of methoxy groups -OCH3 is 1. The van der Waals surface area contributed by atoms with Crippen LogP contribution in [0.25, 0.3) is 0 Å². The predicted octanol–water partition coefficient (Wildman–Crippen LogP) is 0.981. The van der Waals surface area contributed by atoms with E-state index in [1.807, 2.05) is 0 Å². The van der Waals surface area contributed by atoms with Gasteiger partial charge in [-0.2, -0.15) is 0 Å². The molecule has 54 valence electrons. The van der Waals surface area contributed by atoms with Gasteiger partial charge >= 0.3 is 0 Å². The lowest BCUT2D eigenvalue weighted by Gasteiger charge is -2.00. The molecule has 1 aromatic heterocycles. The molecule has 2 N–H and O–H groups in total. The molecule has 0 radical (unpaired) electrons. The molecule has 3 nitrogen and oxygen atoms in total. The van der Waals surface area contributed by atoms with Crippen molar-refractivity contribution in [1.82, 2.24) is 4.98 Å². The Balaban J connectivity index is 2.86. The maximum Gasteiger partial charge on any atom is 0.213 e. The fourth-order valence-electron chi connectivity index (χ4n) is 0.597. The molecule has 3 heteroatoms. The van der Waals surface area contributed by atoms with Crippen LogP contribution in [0.15, 0.2) is 12.3 Å². The number of nitrogen functional groups attached to an aromatic ring is 1. The Morgan fingerprint density at radius 1 is 1.80 bits per heavy atom. The number of aromatic nitrogens is 1. The second-order valence-corrected chi connectivity index (χ2v) is 1.98. The Hall–Kier alpha value is -1.25. The summed E-state index contributed by atoms with van der Waals surface area (Å²) in [5.74, 6) is 0.0618.